The van der Waals surface area contributed by atoms with Crippen LogP contribution < -0.4 is 21.7 Å². The summed E-state index contributed by atoms with van der Waals surface area (Å²) < 4.78 is 0. The average Bonchev–Trinajstić information content (AvgIpc) is 3.36. The van der Waals surface area contributed by atoms with E-state index in [-0.39, 0.29) is 31.3 Å². The first kappa shape index (κ1) is 36.1. The fourth-order valence-electron chi connectivity index (χ4n) is 5.80. The van der Waals surface area contributed by atoms with Crippen molar-refractivity contribution < 1.29 is 33.9 Å². The lowest BCUT2D eigenvalue weighted by Gasteiger charge is -2.35. The lowest BCUT2D eigenvalue weighted by Crippen LogP contribution is -2.59. The number of hydrogen-bond donors (Lipinski definition) is 6. The highest BCUT2D eigenvalue weighted by Crippen LogP contribution is 2.31. The number of rotatable bonds is 18. The molecule has 0 fully saturated rings. The third-order valence-corrected chi connectivity index (χ3v) is 8.10. The molecule has 1 aromatic carbocycles. The summed E-state index contributed by atoms with van der Waals surface area (Å²) in [6.45, 7) is 5.68. The van der Waals surface area contributed by atoms with E-state index in [4.69, 9.17) is 5.73 Å². The highest BCUT2D eigenvalue weighted by atomic mass is 16.4. The Balaban J connectivity index is 1.81. The number of primary amides is 1. The molecule has 3 rings (SSSR count). The maximum atomic E-state index is 13.9. The zero-order valence-electron chi connectivity index (χ0n) is 27.0. The minimum atomic E-state index is -1.50. The number of carboxylic acid groups (broad SMARTS) is 1. The average molecular weight is 641 g/mol. The molecule has 252 valence electrons. The molecule has 1 aromatic heterocycles. The Kier molecular flexibility index (Phi) is 13.6. The van der Waals surface area contributed by atoms with Gasteiger partial charge in [0.05, 0.1) is 19.4 Å². The second kappa shape index (κ2) is 17.3. The van der Waals surface area contributed by atoms with Crippen LogP contribution in [0.2, 0.25) is 0 Å². The molecule has 3 atom stereocenters. The molecule has 1 aliphatic rings. The molecule has 13 nitrogen and oxygen atoms in total. The van der Waals surface area contributed by atoms with E-state index < -0.39 is 60.6 Å². The highest BCUT2D eigenvalue weighted by molar-refractivity contribution is 5.98. The molecule has 13 heteroatoms. The Morgan fingerprint density at radius 2 is 1.54 bits per heavy atom. The summed E-state index contributed by atoms with van der Waals surface area (Å²) >= 11 is 0. The Labute approximate surface area is 269 Å². The number of hydrogen-bond acceptors (Lipinski definition) is 6. The van der Waals surface area contributed by atoms with Gasteiger partial charge >= 0.3 is 5.97 Å². The fourth-order valence-corrected chi connectivity index (χ4v) is 5.80. The van der Waals surface area contributed by atoms with Gasteiger partial charge in [0.15, 0.2) is 0 Å². The summed E-state index contributed by atoms with van der Waals surface area (Å²) in [6, 6.07) is 3.37. The van der Waals surface area contributed by atoms with Gasteiger partial charge in [-0.2, -0.15) is 0 Å². The number of carboxylic acids is 1. The molecule has 5 amide bonds. The van der Waals surface area contributed by atoms with Gasteiger partial charge in [0, 0.05) is 35.5 Å². The zero-order valence-corrected chi connectivity index (χ0v) is 27.0. The largest absolute Gasteiger partial charge is 0.481 e. The summed E-state index contributed by atoms with van der Waals surface area (Å²) in [4.78, 5) is 81.6. The molecule has 0 bridgehead atoms. The molecule has 7 N–H and O–H groups in total. The first-order valence-corrected chi connectivity index (χ1v) is 16.2. The predicted octanol–water partition coefficient (Wildman–Crippen LogP) is 2.41. The number of carbonyl (C=O) groups is 6. The quantitative estimate of drug-likeness (QED) is 0.134. The SMILES string of the molecule is CCCCCCCCCC(=O)N1Cc2[nH]c3ccccc3c2CC1C(=O)NC(CC(N)=O)C(=O)NC(CC(=O)O)C(=O)NC(C)C. The molecule has 0 saturated heterocycles. The first-order valence-electron chi connectivity index (χ1n) is 16.2. The van der Waals surface area contributed by atoms with E-state index in [1.807, 2.05) is 24.3 Å². The lowest BCUT2D eigenvalue weighted by molar-refractivity contribution is -0.143. The van der Waals surface area contributed by atoms with Crippen LogP contribution >= 0.6 is 0 Å². The van der Waals surface area contributed by atoms with Gasteiger partial charge in [0.2, 0.25) is 29.5 Å². The molecule has 2 aromatic rings. The second-order valence-corrected chi connectivity index (χ2v) is 12.3. The van der Waals surface area contributed by atoms with Crippen LogP contribution in [-0.2, 0) is 41.7 Å². The second-order valence-electron chi connectivity index (χ2n) is 12.3. The van der Waals surface area contributed by atoms with E-state index in [1.54, 1.807) is 13.8 Å². The van der Waals surface area contributed by atoms with Crippen molar-refractivity contribution in [2.75, 3.05) is 0 Å². The van der Waals surface area contributed by atoms with Crippen LogP contribution in [-0.4, -0.2) is 74.7 Å². The van der Waals surface area contributed by atoms with Gasteiger partial charge in [-0.05, 0) is 31.9 Å². The number of fused-ring (bicyclic) bond motifs is 3. The number of aliphatic carboxylic acids is 1. The van der Waals surface area contributed by atoms with E-state index in [1.165, 1.54) is 17.7 Å². The standard InChI is InChI=1S/C33H48N6O7/c1-4-5-6-7-8-9-10-15-29(41)39-19-26-22(21-13-11-12-14-23(21)36-26)16-27(39)33(46)38-24(17-28(34)40)32(45)37-25(18-30(42)43)31(44)35-20(2)3/h11-14,20,24-25,27,36H,4-10,15-19H2,1-3H3,(H2,34,40)(H,35,44)(H,37,45)(H,38,46)(H,42,43). The number of H-pyrrole nitrogens is 1. The number of benzene rings is 1. The van der Waals surface area contributed by atoms with Crippen molar-refractivity contribution in [3.63, 3.8) is 0 Å². The smallest absolute Gasteiger partial charge is 0.305 e. The number of aromatic nitrogens is 1. The number of nitrogens with one attached hydrogen (secondary N) is 4. The van der Waals surface area contributed by atoms with Crippen LogP contribution in [0.1, 0.15) is 96.2 Å². The molecule has 0 spiro atoms. The van der Waals surface area contributed by atoms with Crippen LogP contribution in [0.4, 0.5) is 0 Å². The van der Waals surface area contributed by atoms with Crippen molar-refractivity contribution in [1.82, 2.24) is 25.8 Å². The van der Waals surface area contributed by atoms with Gasteiger partial charge in [-0.1, -0.05) is 63.6 Å². The van der Waals surface area contributed by atoms with Crippen molar-refractivity contribution in [1.29, 1.82) is 0 Å². The van der Waals surface area contributed by atoms with E-state index in [2.05, 4.69) is 27.9 Å². The first-order chi connectivity index (χ1) is 21.9. The monoisotopic (exact) mass is 640 g/mol. The summed E-state index contributed by atoms with van der Waals surface area (Å²) in [7, 11) is 0. The fraction of sp³-hybridized carbons (Fsp3) is 0.576. The molecule has 0 aliphatic carbocycles. The number of unbranched alkanes of at least 4 members (excludes halogenated alkanes) is 6. The topological polar surface area (TPSA) is 204 Å². The number of nitrogens with two attached hydrogens (primary N) is 1. The van der Waals surface area contributed by atoms with Crippen LogP contribution in [0.25, 0.3) is 10.9 Å². The van der Waals surface area contributed by atoms with Crippen molar-refractivity contribution in [3.05, 3.63) is 35.5 Å². The Morgan fingerprint density at radius 1 is 0.913 bits per heavy atom. The van der Waals surface area contributed by atoms with Crippen LogP contribution in [0, 0.1) is 0 Å². The lowest BCUT2D eigenvalue weighted by atomic mass is 9.95. The van der Waals surface area contributed by atoms with Gasteiger partial charge in [0.1, 0.15) is 18.1 Å². The molecular formula is C33H48N6O7. The number of para-hydroxylation sites is 1. The molecule has 0 radical (unpaired) electrons. The van der Waals surface area contributed by atoms with E-state index in [0.29, 0.717) is 6.42 Å². The third-order valence-electron chi connectivity index (χ3n) is 8.10. The zero-order chi connectivity index (χ0) is 33.8. The van der Waals surface area contributed by atoms with Gasteiger partial charge in [-0.3, -0.25) is 28.8 Å². The van der Waals surface area contributed by atoms with Crippen LogP contribution in [0.5, 0.6) is 0 Å². The van der Waals surface area contributed by atoms with Crippen LogP contribution in [0.3, 0.4) is 0 Å². The highest BCUT2D eigenvalue weighted by Gasteiger charge is 2.38. The summed E-state index contributed by atoms with van der Waals surface area (Å²) in [6.07, 6.45) is 6.39. The molecular weight excluding hydrogens is 592 g/mol. The Hall–Kier alpha value is -4.42. The Morgan fingerprint density at radius 3 is 2.20 bits per heavy atom. The maximum Gasteiger partial charge on any atom is 0.305 e. The molecule has 3 unspecified atom stereocenters. The van der Waals surface area contributed by atoms with Gasteiger partial charge in [0.25, 0.3) is 0 Å². The normalized spacial score (nSPS) is 15.6. The van der Waals surface area contributed by atoms with Crippen molar-refractivity contribution in [2.45, 2.75) is 122 Å². The summed E-state index contributed by atoms with van der Waals surface area (Å²) in [5.74, 6) is -4.74. The van der Waals surface area contributed by atoms with E-state index in [9.17, 15) is 33.9 Å². The summed E-state index contributed by atoms with van der Waals surface area (Å²) in [5.41, 5.74) is 8.00. The van der Waals surface area contributed by atoms with Crippen LogP contribution in [0.15, 0.2) is 24.3 Å². The van der Waals surface area contributed by atoms with Crippen molar-refractivity contribution in [3.8, 4) is 0 Å². The van der Waals surface area contributed by atoms with Crippen molar-refractivity contribution >= 4 is 46.4 Å². The number of carbonyl (C=O) groups excluding carboxylic acids is 5. The minimum absolute atomic E-state index is 0.167. The van der Waals surface area contributed by atoms with Gasteiger partial charge < -0.3 is 36.7 Å². The van der Waals surface area contributed by atoms with Gasteiger partial charge in [-0.15, -0.1) is 0 Å². The number of aromatic amines is 1. The summed E-state index contributed by atoms with van der Waals surface area (Å²) in [5, 5.41) is 17.7. The third kappa shape index (κ3) is 10.3. The maximum absolute atomic E-state index is 13.9. The van der Waals surface area contributed by atoms with E-state index >= 15 is 0 Å². The Bertz CT molecular complexity index is 1400. The minimum Gasteiger partial charge on any atom is -0.481 e. The number of amides is 5. The molecule has 0 saturated carbocycles. The molecule has 46 heavy (non-hydrogen) atoms. The number of nitrogens with zero attached hydrogens (tertiary/aromatic N) is 1. The molecule has 1 aliphatic heterocycles. The van der Waals surface area contributed by atoms with Gasteiger partial charge in [-0.25, -0.2) is 0 Å². The predicted molar refractivity (Wildman–Crippen MR) is 172 cm³/mol. The molecule has 2 heterocycles. The van der Waals surface area contributed by atoms with Crippen molar-refractivity contribution in [2.24, 2.45) is 5.73 Å². The van der Waals surface area contributed by atoms with E-state index in [0.717, 1.165) is 47.8 Å².